The Balaban J connectivity index is 2.22. The predicted molar refractivity (Wildman–Crippen MR) is 74.6 cm³/mol. The maximum atomic E-state index is 12.2. The molecule has 1 aliphatic rings. The van der Waals surface area contributed by atoms with E-state index in [1.54, 1.807) is 12.0 Å². The van der Waals surface area contributed by atoms with Gasteiger partial charge in [-0.3, -0.25) is 4.90 Å². The van der Waals surface area contributed by atoms with Gasteiger partial charge < -0.3 is 9.47 Å². The summed E-state index contributed by atoms with van der Waals surface area (Å²) in [5, 5.41) is 0. The van der Waals surface area contributed by atoms with Crippen LogP contribution in [0.1, 0.15) is 32.3 Å². The Kier molecular flexibility index (Phi) is 3.80. The number of hydrogen-bond acceptors (Lipinski definition) is 3. The SMILES string of the molecule is COCC1CN(C(=O)OC(C)(C)C)c2ccccc21. The minimum Gasteiger partial charge on any atom is -0.443 e. The molecule has 19 heavy (non-hydrogen) atoms. The Morgan fingerprint density at radius 3 is 2.68 bits per heavy atom. The topological polar surface area (TPSA) is 38.8 Å². The first kappa shape index (κ1) is 13.9. The molecule has 104 valence electrons. The van der Waals surface area contributed by atoms with Crippen LogP contribution in [0.4, 0.5) is 10.5 Å². The number of benzene rings is 1. The van der Waals surface area contributed by atoms with Gasteiger partial charge in [0.2, 0.25) is 0 Å². The van der Waals surface area contributed by atoms with Crippen molar-refractivity contribution in [2.24, 2.45) is 0 Å². The van der Waals surface area contributed by atoms with Crippen molar-refractivity contribution in [1.29, 1.82) is 0 Å². The van der Waals surface area contributed by atoms with Crippen molar-refractivity contribution in [2.45, 2.75) is 32.3 Å². The lowest BCUT2D eigenvalue weighted by Crippen LogP contribution is -2.36. The van der Waals surface area contributed by atoms with Gasteiger partial charge in [-0.25, -0.2) is 4.79 Å². The van der Waals surface area contributed by atoms with Crippen LogP contribution in [0.5, 0.6) is 0 Å². The molecule has 1 amide bonds. The third kappa shape index (κ3) is 3.07. The molecule has 0 N–H and O–H groups in total. The Labute approximate surface area is 114 Å². The van der Waals surface area contributed by atoms with Crippen molar-refractivity contribution in [1.82, 2.24) is 0 Å². The second-order valence-electron chi connectivity index (χ2n) is 5.80. The number of carbonyl (C=O) groups excluding carboxylic acids is 1. The second kappa shape index (κ2) is 5.21. The van der Waals surface area contributed by atoms with E-state index in [1.165, 1.54) is 0 Å². The van der Waals surface area contributed by atoms with Crippen molar-refractivity contribution in [2.75, 3.05) is 25.2 Å². The maximum absolute atomic E-state index is 12.2. The molecule has 0 saturated heterocycles. The number of nitrogens with zero attached hydrogens (tertiary/aromatic N) is 1. The summed E-state index contributed by atoms with van der Waals surface area (Å²) >= 11 is 0. The molecule has 1 atom stereocenters. The predicted octanol–water partition coefficient (Wildman–Crippen LogP) is 3.17. The minimum absolute atomic E-state index is 0.216. The lowest BCUT2D eigenvalue weighted by atomic mass is 10.0. The third-order valence-corrected chi connectivity index (χ3v) is 3.05. The number of hydrogen-bond donors (Lipinski definition) is 0. The van der Waals surface area contributed by atoms with E-state index in [0.717, 1.165) is 11.3 Å². The lowest BCUT2D eigenvalue weighted by Gasteiger charge is -2.25. The number of methoxy groups -OCH3 is 1. The van der Waals surface area contributed by atoms with E-state index < -0.39 is 5.60 Å². The van der Waals surface area contributed by atoms with Crippen LogP contribution in [0.15, 0.2) is 24.3 Å². The molecular formula is C15H21NO3. The number of anilines is 1. The second-order valence-corrected chi connectivity index (χ2v) is 5.80. The highest BCUT2D eigenvalue weighted by Gasteiger charge is 2.34. The monoisotopic (exact) mass is 263 g/mol. The molecule has 1 aliphatic heterocycles. The highest BCUT2D eigenvalue weighted by molar-refractivity contribution is 5.91. The van der Waals surface area contributed by atoms with E-state index in [-0.39, 0.29) is 12.0 Å². The smallest absolute Gasteiger partial charge is 0.414 e. The zero-order valence-electron chi connectivity index (χ0n) is 12.0. The summed E-state index contributed by atoms with van der Waals surface area (Å²) in [4.78, 5) is 13.9. The van der Waals surface area contributed by atoms with Gasteiger partial charge >= 0.3 is 6.09 Å². The largest absolute Gasteiger partial charge is 0.443 e. The highest BCUT2D eigenvalue weighted by Crippen LogP contribution is 2.36. The summed E-state index contributed by atoms with van der Waals surface area (Å²) in [6, 6.07) is 7.92. The van der Waals surface area contributed by atoms with Crippen molar-refractivity contribution >= 4 is 11.8 Å². The molecule has 1 aromatic rings. The number of para-hydroxylation sites is 1. The van der Waals surface area contributed by atoms with Crippen LogP contribution in [0.2, 0.25) is 0 Å². The molecule has 1 unspecified atom stereocenters. The first-order valence-electron chi connectivity index (χ1n) is 6.51. The molecular weight excluding hydrogens is 242 g/mol. The summed E-state index contributed by atoms with van der Waals surface area (Å²) in [5.74, 6) is 0.216. The number of rotatable bonds is 2. The van der Waals surface area contributed by atoms with Gasteiger partial charge in [0.1, 0.15) is 5.60 Å². The van der Waals surface area contributed by atoms with Gasteiger partial charge in [-0.05, 0) is 32.4 Å². The molecule has 0 bridgehead atoms. The van der Waals surface area contributed by atoms with Crippen molar-refractivity contribution < 1.29 is 14.3 Å². The van der Waals surface area contributed by atoms with E-state index in [0.29, 0.717) is 13.2 Å². The summed E-state index contributed by atoms with van der Waals surface area (Å²) in [7, 11) is 1.68. The van der Waals surface area contributed by atoms with Crippen molar-refractivity contribution in [3.8, 4) is 0 Å². The third-order valence-electron chi connectivity index (χ3n) is 3.05. The van der Waals surface area contributed by atoms with Crippen molar-refractivity contribution in [3.05, 3.63) is 29.8 Å². The van der Waals surface area contributed by atoms with E-state index in [1.807, 2.05) is 45.0 Å². The Morgan fingerprint density at radius 1 is 1.37 bits per heavy atom. The van der Waals surface area contributed by atoms with Crippen LogP contribution >= 0.6 is 0 Å². The van der Waals surface area contributed by atoms with Gasteiger partial charge in [0, 0.05) is 19.6 Å². The van der Waals surface area contributed by atoms with Crippen LogP contribution in [-0.2, 0) is 9.47 Å². The van der Waals surface area contributed by atoms with E-state index in [2.05, 4.69) is 0 Å². The van der Waals surface area contributed by atoms with Gasteiger partial charge in [0.15, 0.2) is 0 Å². The average Bonchev–Trinajstić information content (AvgIpc) is 2.67. The van der Waals surface area contributed by atoms with E-state index in [9.17, 15) is 4.79 Å². The molecule has 0 spiro atoms. The van der Waals surface area contributed by atoms with Gasteiger partial charge in [-0.2, -0.15) is 0 Å². The Hall–Kier alpha value is -1.55. The summed E-state index contributed by atoms with van der Waals surface area (Å²) < 4.78 is 10.7. The Bertz CT molecular complexity index is 465. The average molecular weight is 263 g/mol. The fourth-order valence-electron chi connectivity index (χ4n) is 2.33. The normalized spacial score (nSPS) is 18.3. The molecule has 0 aliphatic carbocycles. The molecule has 4 nitrogen and oxygen atoms in total. The van der Waals surface area contributed by atoms with Gasteiger partial charge in [0.05, 0.1) is 12.3 Å². The fourth-order valence-corrected chi connectivity index (χ4v) is 2.33. The minimum atomic E-state index is -0.481. The number of fused-ring (bicyclic) bond motifs is 1. The van der Waals surface area contributed by atoms with E-state index >= 15 is 0 Å². The van der Waals surface area contributed by atoms with Crippen LogP contribution < -0.4 is 4.90 Å². The molecule has 0 fully saturated rings. The number of carbonyl (C=O) groups is 1. The lowest BCUT2D eigenvalue weighted by molar-refractivity contribution is 0.0579. The highest BCUT2D eigenvalue weighted by atomic mass is 16.6. The molecule has 2 rings (SSSR count). The molecule has 0 aromatic heterocycles. The van der Waals surface area contributed by atoms with Crippen LogP contribution in [0, 0.1) is 0 Å². The molecule has 0 radical (unpaired) electrons. The summed E-state index contributed by atoms with van der Waals surface area (Å²) in [5.41, 5.74) is 1.60. The summed E-state index contributed by atoms with van der Waals surface area (Å²) in [6.07, 6.45) is -0.293. The van der Waals surface area contributed by atoms with Crippen LogP contribution in [0.3, 0.4) is 0 Å². The maximum Gasteiger partial charge on any atom is 0.414 e. The molecule has 4 heteroatoms. The number of amides is 1. The van der Waals surface area contributed by atoms with Gasteiger partial charge in [-0.15, -0.1) is 0 Å². The first-order chi connectivity index (χ1) is 8.92. The standard InChI is InChI=1S/C15H21NO3/c1-15(2,3)19-14(17)16-9-11(10-18-4)12-7-5-6-8-13(12)16/h5-8,11H,9-10H2,1-4H3. The number of ether oxygens (including phenoxy) is 2. The molecule has 1 heterocycles. The zero-order chi connectivity index (χ0) is 14.0. The van der Waals surface area contributed by atoms with Gasteiger partial charge in [-0.1, -0.05) is 18.2 Å². The van der Waals surface area contributed by atoms with Crippen LogP contribution in [0.25, 0.3) is 0 Å². The quantitative estimate of drug-likeness (QED) is 0.822. The Morgan fingerprint density at radius 2 is 2.05 bits per heavy atom. The first-order valence-corrected chi connectivity index (χ1v) is 6.51. The van der Waals surface area contributed by atoms with Crippen molar-refractivity contribution in [3.63, 3.8) is 0 Å². The van der Waals surface area contributed by atoms with Crippen LogP contribution in [-0.4, -0.2) is 32.0 Å². The molecule has 1 aromatic carbocycles. The summed E-state index contributed by atoms with van der Waals surface area (Å²) in [6.45, 7) is 6.84. The van der Waals surface area contributed by atoms with Gasteiger partial charge in [0.25, 0.3) is 0 Å². The zero-order valence-corrected chi connectivity index (χ0v) is 12.0. The molecule has 0 saturated carbocycles. The fraction of sp³-hybridized carbons (Fsp3) is 0.533. The van der Waals surface area contributed by atoms with E-state index in [4.69, 9.17) is 9.47 Å².